The van der Waals surface area contributed by atoms with Crippen LogP contribution in [0.1, 0.15) is 36.6 Å². The van der Waals surface area contributed by atoms with Crippen molar-refractivity contribution in [2.75, 3.05) is 13.1 Å². The first kappa shape index (κ1) is 12.4. The van der Waals surface area contributed by atoms with Crippen LogP contribution in [0, 0.1) is 5.92 Å². The fourth-order valence-electron chi connectivity index (χ4n) is 2.15. The second-order valence-electron chi connectivity index (χ2n) is 4.92. The van der Waals surface area contributed by atoms with E-state index in [0.717, 1.165) is 19.5 Å². The van der Waals surface area contributed by atoms with E-state index in [1.54, 1.807) is 0 Å². The van der Waals surface area contributed by atoms with Crippen LogP contribution in [0.3, 0.4) is 0 Å². The van der Waals surface area contributed by atoms with Crippen LogP contribution in [0.25, 0.3) is 0 Å². The summed E-state index contributed by atoms with van der Waals surface area (Å²) in [5, 5.41) is 0. The molecule has 0 spiro atoms. The molecule has 0 amide bonds. The molecular formula is C13H21N3S. The predicted molar refractivity (Wildman–Crippen MR) is 74.5 cm³/mol. The number of hydrogen-bond donors (Lipinski definition) is 1. The minimum atomic E-state index is 0.364. The summed E-state index contributed by atoms with van der Waals surface area (Å²) in [5.74, 6) is 1.31. The average molecular weight is 251 g/mol. The molecule has 1 aromatic heterocycles. The molecule has 0 aliphatic carbocycles. The van der Waals surface area contributed by atoms with Crippen molar-refractivity contribution in [1.29, 1.82) is 0 Å². The van der Waals surface area contributed by atoms with Crippen molar-refractivity contribution in [3.63, 3.8) is 0 Å². The summed E-state index contributed by atoms with van der Waals surface area (Å²) < 4.78 is 0. The van der Waals surface area contributed by atoms with Crippen molar-refractivity contribution in [2.45, 2.75) is 33.2 Å². The third-order valence-electron chi connectivity index (χ3n) is 3.02. The highest BCUT2D eigenvalue weighted by Crippen LogP contribution is 2.31. The zero-order valence-corrected chi connectivity index (χ0v) is 11.6. The van der Waals surface area contributed by atoms with Gasteiger partial charge in [-0.05, 0) is 24.5 Å². The van der Waals surface area contributed by atoms with Crippen LogP contribution in [0.2, 0.25) is 0 Å². The lowest BCUT2D eigenvalue weighted by Crippen LogP contribution is -2.38. The van der Waals surface area contributed by atoms with Crippen molar-refractivity contribution < 1.29 is 0 Å². The molecule has 2 N–H and O–H groups in total. The number of thiophene rings is 1. The van der Waals surface area contributed by atoms with Crippen molar-refractivity contribution in [1.82, 2.24) is 4.90 Å². The maximum atomic E-state index is 5.97. The minimum absolute atomic E-state index is 0.364. The smallest absolute Gasteiger partial charge is 0.191 e. The lowest BCUT2D eigenvalue weighted by molar-refractivity contribution is 0.313. The van der Waals surface area contributed by atoms with E-state index < -0.39 is 0 Å². The van der Waals surface area contributed by atoms with Crippen molar-refractivity contribution in [3.8, 4) is 0 Å². The normalized spacial score (nSPS) is 20.1. The molecule has 0 saturated heterocycles. The highest BCUT2D eigenvalue weighted by molar-refractivity contribution is 7.12. The molecule has 0 aromatic carbocycles. The maximum absolute atomic E-state index is 5.97. The summed E-state index contributed by atoms with van der Waals surface area (Å²) in [5.41, 5.74) is 5.97. The molecule has 4 heteroatoms. The van der Waals surface area contributed by atoms with Gasteiger partial charge in [-0.15, -0.1) is 11.3 Å². The van der Waals surface area contributed by atoms with Crippen molar-refractivity contribution in [3.05, 3.63) is 21.9 Å². The molecule has 1 aromatic rings. The van der Waals surface area contributed by atoms with E-state index in [1.165, 1.54) is 9.75 Å². The molecule has 94 valence electrons. The maximum Gasteiger partial charge on any atom is 0.191 e. The van der Waals surface area contributed by atoms with Crippen LogP contribution in [-0.2, 0) is 6.42 Å². The highest BCUT2D eigenvalue weighted by atomic mass is 32.1. The first-order valence-electron chi connectivity index (χ1n) is 6.27. The SMILES string of the molecule is CCc1ccc(C2CN=C(N)N2CC(C)C)s1. The quantitative estimate of drug-likeness (QED) is 0.894. The van der Waals surface area contributed by atoms with Gasteiger partial charge < -0.3 is 10.6 Å². The average Bonchev–Trinajstić information content (AvgIpc) is 2.86. The van der Waals surface area contributed by atoms with E-state index in [4.69, 9.17) is 5.73 Å². The van der Waals surface area contributed by atoms with E-state index in [9.17, 15) is 0 Å². The Labute approximate surface area is 107 Å². The predicted octanol–water partition coefficient (Wildman–Crippen LogP) is 2.64. The van der Waals surface area contributed by atoms with Crippen LogP contribution in [-0.4, -0.2) is 23.9 Å². The van der Waals surface area contributed by atoms with Crippen LogP contribution in [0.5, 0.6) is 0 Å². The van der Waals surface area contributed by atoms with Crippen LogP contribution >= 0.6 is 11.3 Å². The summed E-state index contributed by atoms with van der Waals surface area (Å²) in [4.78, 5) is 9.47. The molecule has 1 atom stereocenters. The lowest BCUT2D eigenvalue weighted by atomic mass is 10.1. The molecular weight excluding hydrogens is 230 g/mol. The third kappa shape index (κ3) is 2.63. The zero-order valence-electron chi connectivity index (χ0n) is 10.8. The topological polar surface area (TPSA) is 41.6 Å². The number of nitrogens with two attached hydrogens (primary N) is 1. The van der Waals surface area contributed by atoms with Crippen LogP contribution < -0.4 is 5.73 Å². The fourth-order valence-corrected chi connectivity index (χ4v) is 3.21. The number of hydrogen-bond acceptors (Lipinski definition) is 4. The Morgan fingerprint density at radius 1 is 1.53 bits per heavy atom. The van der Waals surface area contributed by atoms with Crippen molar-refractivity contribution in [2.24, 2.45) is 16.6 Å². The molecule has 0 radical (unpaired) electrons. The van der Waals surface area contributed by atoms with Gasteiger partial charge in [0.15, 0.2) is 5.96 Å². The molecule has 0 fully saturated rings. The molecule has 1 aliphatic rings. The summed E-state index contributed by atoms with van der Waals surface area (Å²) in [6.07, 6.45) is 1.11. The van der Waals surface area contributed by atoms with Gasteiger partial charge in [0.2, 0.25) is 0 Å². The van der Waals surface area contributed by atoms with Gasteiger partial charge in [0.05, 0.1) is 12.6 Å². The number of aryl methyl sites for hydroxylation is 1. The molecule has 2 heterocycles. The Morgan fingerprint density at radius 3 is 2.88 bits per heavy atom. The van der Waals surface area contributed by atoms with E-state index in [0.29, 0.717) is 17.9 Å². The van der Waals surface area contributed by atoms with Gasteiger partial charge in [-0.2, -0.15) is 0 Å². The van der Waals surface area contributed by atoms with Gasteiger partial charge in [-0.3, -0.25) is 4.99 Å². The second kappa shape index (κ2) is 5.08. The molecule has 17 heavy (non-hydrogen) atoms. The first-order chi connectivity index (χ1) is 8.11. The Hall–Kier alpha value is -1.03. The number of rotatable bonds is 4. The highest BCUT2D eigenvalue weighted by Gasteiger charge is 2.28. The van der Waals surface area contributed by atoms with Crippen LogP contribution in [0.15, 0.2) is 17.1 Å². The third-order valence-corrected chi connectivity index (χ3v) is 4.35. The van der Waals surface area contributed by atoms with Crippen LogP contribution in [0.4, 0.5) is 0 Å². The summed E-state index contributed by atoms with van der Waals surface area (Å²) in [6.45, 7) is 8.42. The molecule has 1 unspecified atom stereocenters. The molecule has 3 nitrogen and oxygen atoms in total. The van der Waals surface area contributed by atoms with E-state index >= 15 is 0 Å². The summed E-state index contributed by atoms with van der Waals surface area (Å²) in [6, 6.07) is 4.82. The Morgan fingerprint density at radius 2 is 2.29 bits per heavy atom. The fraction of sp³-hybridized carbons (Fsp3) is 0.615. The van der Waals surface area contributed by atoms with Gasteiger partial charge in [0.25, 0.3) is 0 Å². The largest absolute Gasteiger partial charge is 0.370 e. The lowest BCUT2D eigenvalue weighted by Gasteiger charge is -2.27. The summed E-state index contributed by atoms with van der Waals surface area (Å²) >= 11 is 1.89. The molecule has 0 saturated carbocycles. The van der Waals surface area contributed by atoms with Gasteiger partial charge in [0.1, 0.15) is 0 Å². The van der Waals surface area contributed by atoms with E-state index in [1.807, 2.05) is 11.3 Å². The van der Waals surface area contributed by atoms with Gasteiger partial charge in [0, 0.05) is 16.3 Å². The van der Waals surface area contributed by atoms with E-state index in [2.05, 4.69) is 42.8 Å². The van der Waals surface area contributed by atoms with Gasteiger partial charge >= 0.3 is 0 Å². The Bertz CT molecular complexity index is 409. The van der Waals surface area contributed by atoms with Gasteiger partial charge in [-0.25, -0.2) is 0 Å². The molecule has 0 bridgehead atoms. The van der Waals surface area contributed by atoms with Crippen molar-refractivity contribution >= 4 is 17.3 Å². The number of nitrogens with zero attached hydrogens (tertiary/aromatic N) is 2. The Kier molecular flexibility index (Phi) is 3.72. The first-order valence-corrected chi connectivity index (χ1v) is 7.08. The van der Waals surface area contributed by atoms with Gasteiger partial charge in [-0.1, -0.05) is 20.8 Å². The summed E-state index contributed by atoms with van der Waals surface area (Å²) in [7, 11) is 0. The minimum Gasteiger partial charge on any atom is -0.370 e. The second-order valence-corrected chi connectivity index (χ2v) is 6.12. The monoisotopic (exact) mass is 251 g/mol. The molecule has 1 aliphatic heterocycles. The Balaban J connectivity index is 2.15. The number of guanidine groups is 1. The zero-order chi connectivity index (χ0) is 12.4. The standard InChI is InChI=1S/C13H21N3S/c1-4-10-5-6-12(17-10)11-7-15-13(14)16(11)8-9(2)3/h5-6,9,11H,4,7-8H2,1-3H3,(H2,14,15). The number of aliphatic imine (C=N–C) groups is 1. The van der Waals surface area contributed by atoms with E-state index in [-0.39, 0.29) is 0 Å². The molecule has 2 rings (SSSR count).